The zero-order chi connectivity index (χ0) is 18.8. The number of carbonyl (C=O) groups is 1. The molecule has 136 valence electrons. The molecule has 0 unspecified atom stereocenters. The Morgan fingerprint density at radius 1 is 1.28 bits per heavy atom. The van der Waals surface area contributed by atoms with Crippen molar-refractivity contribution in [2.75, 3.05) is 6.26 Å². The summed E-state index contributed by atoms with van der Waals surface area (Å²) in [6.07, 6.45) is 1.67. The maximum absolute atomic E-state index is 12.5. The number of rotatable bonds is 6. The minimum absolute atomic E-state index is 0.0307. The van der Waals surface area contributed by atoms with Gasteiger partial charge in [-0.15, -0.1) is 5.10 Å². The number of carbonyl (C=O) groups excluding carboxylic acids is 1. The predicted molar refractivity (Wildman–Crippen MR) is 93.5 cm³/mol. The van der Waals surface area contributed by atoms with Crippen molar-refractivity contribution in [1.82, 2.24) is 15.5 Å². The van der Waals surface area contributed by atoms with Gasteiger partial charge < -0.3 is 9.73 Å². The predicted octanol–water partition coefficient (Wildman–Crippen LogP) is 3.30. The second-order valence-electron chi connectivity index (χ2n) is 5.64. The topological polar surface area (TPSA) is 102 Å². The van der Waals surface area contributed by atoms with Crippen molar-refractivity contribution in [2.24, 2.45) is 5.92 Å². The van der Waals surface area contributed by atoms with E-state index in [1.54, 1.807) is 0 Å². The lowest BCUT2D eigenvalue weighted by atomic mass is 9.98. The molecular weight excluding hydrogens is 389 g/mol. The summed E-state index contributed by atoms with van der Waals surface area (Å²) in [5.41, 5.74) is 0.311. The van der Waals surface area contributed by atoms with E-state index in [1.165, 1.54) is 18.2 Å². The van der Waals surface area contributed by atoms with E-state index in [4.69, 9.17) is 27.6 Å². The van der Waals surface area contributed by atoms with E-state index in [2.05, 4.69) is 15.5 Å². The van der Waals surface area contributed by atoms with E-state index in [0.717, 1.165) is 6.26 Å². The smallest absolute Gasteiger partial charge is 0.335 e. The van der Waals surface area contributed by atoms with Gasteiger partial charge >= 0.3 is 5.22 Å². The zero-order valence-electron chi connectivity index (χ0n) is 13.8. The molecule has 1 aromatic heterocycles. The molecule has 7 nitrogen and oxygen atoms in total. The lowest BCUT2D eigenvalue weighted by Gasteiger charge is -2.21. The molecule has 10 heteroatoms. The molecule has 1 heterocycles. The minimum Gasteiger partial charge on any atom is -0.410 e. The van der Waals surface area contributed by atoms with Crippen molar-refractivity contribution in [1.29, 1.82) is 0 Å². The van der Waals surface area contributed by atoms with E-state index >= 15 is 0 Å². The standard InChI is InChI=1S/C15H17Cl2N3O4S/c1-4-8(2)12(14-19-20-15(24-14)25(3,22)23)18-13(21)9-5-6-10(16)11(17)7-9/h5-8,12H,4H2,1-3H3,(H,18,21)/t8-,12+/m1/s1. The van der Waals surface area contributed by atoms with Crippen LogP contribution in [0, 0.1) is 5.92 Å². The first-order valence-corrected chi connectivity index (χ1v) is 10.1. The van der Waals surface area contributed by atoms with Gasteiger partial charge in [0.2, 0.25) is 15.7 Å². The Morgan fingerprint density at radius 3 is 2.48 bits per heavy atom. The third kappa shape index (κ3) is 4.71. The van der Waals surface area contributed by atoms with Crippen LogP contribution in [0.2, 0.25) is 10.0 Å². The lowest BCUT2D eigenvalue weighted by molar-refractivity contribution is 0.0911. The van der Waals surface area contributed by atoms with Crippen LogP contribution in [0.1, 0.15) is 42.6 Å². The number of hydrogen-bond acceptors (Lipinski definition) is 6. The number of nitrogens with zero attached hydrogens (tertiary/aromatic N) is 2. The molecule has 25 heavy (non-hydrogen) atoms. The summed E-state index contributed by atoms with van der Waals surface area (Å²) in [5.74, 6) is -0.453. The van der Waals surface area contributed by atoms with Crippen molar-refractivity contribution in [3.05, 3.63) is 39.7 Å². The molecule has 1 N–H and O–H groups in total. The maximum atomic E-state index is 12.5. The highest BCUT2D eigenvalue weighted by atomic mass is 35.5. The summed E-state index contributed by atoms with van der Waals surface area (Å²) >= 11 is 11.8. The Labute approximate surface area is 155 Å². The number of amides is 1. The van der Waals surface area contributed by atoms with Gasteiger partial charge in [0.1, 0.15) is 6.04 Å². The zero-order valence-corrected chi connectivity index (χ0v) is 16.1. The molecule has 0 aliphatic heterocycles. The molecule has 0 saturated heterocycles. The largest absolute Gasteiger partial charge is 0.410 e. The SMILES string of the molecule is CC[C@@H](C)[C@H](NC(=O)c1ccc(Cl)c(Cl)c1)c1nnc(S(C)(=O)=O)o1. The van der Waals surface area contributed by atoms with Gasteiger partial charge in [0.25, 0.3) is 5.91 Å². The number of aromatic nitrogens is 2. The molecule has 2 atom stereocenters. The van der Waals surface area contributed by atoms with Crippen LogP contribution in [0.15, 0.2) is 27.8 Å². The van der Waals surface area contributed by atoms with Gasteiger partial charge in [0.05, 0.1) is 10.0 Å². The highest BCUT2D eigenvalue weighted by Crippen LogP contribution is 2.26. The molecule has 0 saturated carbocycles. The summed E-state index contributed by atoms with van der Waals surface area (Å²) in [4.78, 5) is 12.5. The molecule has 0 aliphatic carbocycles. The van der Waals surface area contributed by atoms with Crippen LogP contribution >= 0.6 is 23.2 Å². The average molecular weight is 406 g/mol. The molecule has 0 spiro atoms. The first kappa shape index (κ1) is 19.7. The number of nitrogens with one attached hydrogen (secondary N) is 1. The Balaban J connectivity index is 2.30. The number of benzene rings is 1. The van der Waals surface area contributed by atoms with Gasteiger partial charge in [0, 0.05) is 11.8 Å². The van der Waals surface area contributed by atoms with E-state index < -0.39 is 27.0 Å². The first-order valence-electron chi connectivity index (χ1n) is 7.42. The van der Waals surface area contributed by atoms with Crippen LogP contribution in [0.4, 0.5) is 0 Å². The molecular formula is C15H17Cl2N3O4S. The summed E-state index contributed by atoms with van der Waals surface area (Å²) in [6.45, 7) is 3.81. The molecule has 0 fully saturated rings. The Morgan fingerprint density at radius 2 is 1.96 bits per heavy atom. The summed E-state index contributed by atoms with van der Waals surface area (Å²) in [6, 6.07) is 3.86. The fourth-order valence-corrected chi connectivity index (χ4v) is 2.76. The maximum Gasteiger partial charge on any atom is 0.335 e. The Kier molecular flexibility index (Phi) is 6.08. The average Bonchev–Trinajstić information content (AvgIpc) is 3.04. The van der Waals surface area contributed by atoms with E-state index in [0.29, 0.717) is 17.0 Å². The molecule has 0 radical (unpaired) electrons. The van der Waals surface area contributed by atoms with E-state index in [1.807, 2.05) is 13.8 Å². The van der Waals surface area contributed by atoms with Crippen molar-refractivity contribution < 1.29 is 17.6 Å². The molecule has 1 aromatic carbocycles. The highest BCUT2D eigenvalue weighted by Gasteiger charge is 2.28. The van der Waals surface area contributed by atoms with Crippen LogP contribution in [-0.4, -0.2) is 30.8 Å². The molecule has 0 bridgehead atoms. The summed E-state index contributed by atoms with van der Waals surface area (Å²) in [7, 11) is -3.62. The van der Waals surface area contributed by atoms with E-state index in [-0.39, 0.29) is 16.8 Å². The second kappa shape index (κ2) is 7.72. The molecule has 2 aromatic rings. The van der Waals surface area contributed by atoms with Gasteiger partial charge in [-0.25, -0.2) is 8.42 Å². The third-order valence-electron chi connectivity index (χ3n) is 3.69. The lowest BCUT2D eigenvalue weighted by Crippen LogP contribution is -2.32. The molecule has 2 rings (SSSR count). The second-order valence-corrected chi connectivity index (χ2v) is 8.35. The van der Waals surface area contributed by atoms with Gasteiger partial charge in [-0.1, -0.05) is 48.6 Å². The normalized spacial score (nSPS) is 14.1. The van der Waals surface area contributed by atoms with E-state index in [9.17, 15) is 13.2 Å². The number of hydrogen-bond donors (Lipinski definition) is 1. The van der Waals surface area contributed by atoms with Crippen molar-refractivity contribution in [3.8, 4) is 0 Å². The molecule has 1 amide bonds. The van der Waals surface area contributed by atoms with Gasteiger partial charge in [0.15, 0.2) is 0 Å². The van der Waals surface area contributed by atoms with Crippen molar-refractivity contribution in [3.63, 3.8) is 0 Å². The Bertz CT molecular complexity index is 883. The van der Waals surface area contributed by atoms with Crippen LogP contribution in [0.5, 0.6) is 0 Å². The van der Waals surface area contributed by atoms with Crippen molar-refractivity contribution in [2.45, 2.75) is 31.5 Å². The third-order valence-corrected chi connectivity index (χ3v) is 5.23. The van der Waals surface area contributed by atoms with Crippen LogP contribution in [0.25, 0.3) is 0 Å². The first-order chi connectivity index (χ1) is 11.6. The van der Waals surface area contributed by atoms with Crippen molar-refractivity contribution >= 4 is 38.9 Å². The van der Waals surface area contributed by atoms with Crippen LogP contribution in [0.3, 0.4) is 0 Å². The monoisotopic (exact) mass is 405 g/mol. The van der Waals surface area contributed by atoms with Gasteiger partial charge in [-0.2, -0.15) is 0 Å². The summed E-state index contributed by atoms with van der Waals surface area (Å²) < 4.78 is 28.3. The van der Waals surface area contributed by atoms with Crippen LogP contribution in [-0.2, 0) is 9.84 Å². The number of sulfone groups is 1. The van der Waals surface area contributed by atoms with Crippen LogP contribution < -0.4 is 5.32 Å². The number of halogens is 2. The summed E-state index contributed by atoms with van der Waals surface area (Å²) in [5, 5.41) is 10.2. The fraction of sp³-hybridized carbons (Fsp3) is 0.400. The minimum atomic E-state index is -3.62. The van der Waals surface area contributed by atoms with Gasteiger partial charge in [-0.05, 0) is 24.1 Å². The fourth-order valence-electron chi connectivity index (χ4n) is 2.04. The molecule has 0 aliphatic rings. The highest BCUT2D eigenvalue weighted by molar-refractivity contribution is 7.90. The van der Waals surface area contributed by atoms with Gasteiger partial charge in [-0.3, -0.25) is 4.79 Å². The quantitative estimate of drug-likeness (QED) is 0.790. The Hall–Kier alpha value is -1.64.